The van der Waals surface area contributed by atoms with Crippen LogP contribution in [0.1, 0.15) is 13.3 Å². The molecule has 15 heavy (non-hydrogen) atoms. The predicted molar refractivity (Wildman–Crippen MR) is 56.6 cm³/mol. The molecule has 0 fully saturated rings. The summed E-state index contributed by atoms with van der Waals surface area (Å²) in [5.41, 5.74) is -0.914. The third-order valence-electron chi connectivity index (χ3n) is 2.54. The second-order valence-corrected chi connectivity index (χ2v) is 3.43. The van der Waals surface area contributed by atoms with E-state index >= 15 is 0 Å². The molecule has 0 rings (SSSR count). The van der Waals surface area contributed by atoms with E-state index in [0.717, 1.165) is 0 Å². The number of ketones is 1. The third-order valence-corrected chi connectivity index (χ3v) is 2.54. The van der Waals surface area contributed by atoms with Crippen molar-refractivity contribution in [3.63, 3.8) is 0 Å². The first-order valence-electron chi connectivity index (χ1n) is 4.72. The van der Waals surface area contributed by atoms with Gasteiger partial charge < -0.3 is 10.4 Å². The number of carboxylic acid groups (broad SMARTS) is 1. The van der Waals surface area contributed by atoms with Gasteiger partial charge in [0.1, 0.15) is 5.66 Å². The van der Waals surface area contributed by atoms with Gasteiger partial charge in [-0.05, 0) is 28.1 Å². The van der Waals surface area contributed by atoms with Crippen LogP contribution in [0.5, 0.6) is 0 Å². The summed E-state index contributed by atoms with van der Waals surface area (Å²) in [5.74, 6) is -1.23. The Bertz CT molecular complexity index is 239. The first-order chi connectivity index (χ1) is 6.91. The molecule has 1 unspecified atom stereocenters. The highest BCUT2D eigenvalue weighted by molar-refractivity contribution is 5.94. The van der Waals surface area contributed by atoms with Crippen LogP contribution in [0.15, 0.2) is 0 Å². The van der Waals surface area contributed by atoms with Gasteiger partial charge in [-0.3, -0.25) is 20.2 Å². The zero-order valence-corrected chi connectivity index (χ0v) is 9.55. The molecule has 0 aromatic heterocycles. The SMILES string of the molecule is CNC(CC(=O)O)C(=O)C(C)(NC)NC. The van der Waals surface area contributed by atoms with Gasteiger partial charge in [-0.1, -0.05) is 0 Å². The fourth-order valence-electron chi connectivity index (χ4n) is 1.22. The highest BCUT2D eigenvalue weighted by atomic mass is 16.4. The minimum Gasteiger partial charge on any atom is -0.481 e. The van der Waals surface area contributed by atoms with E-state index in [-0.39, 0.29) is 12.2 Å². The van der Waals surface area contributed by atoms with Crippen molar-refractivity contribution in [3.8, 4) is 0 Å². The highest BCUT2D eigenvalue weighted by Crippen LogP contribution is 2.06. The number of Topliss-reactive ketones (excluding diaryl/α,β-unsaturated/α-hetero) is 1. The summed E-state index contributed by atoms with van der Waals surface area (Å²) in [4.78, 5) is 22.5. The molecule has 0 spiro atoms. The van der Waals surface area contributed by atoms with Gasteiger partial charge in [-0.2, -0.15) is 0 Å². The summed E-state index contributed by atoms with van der Waals surface area (Å²) in [6, 6.07) is -0.701. The minimum absolute atomic E-state index is 0.225. The van der Waals surface area contributed by atoms with Gasteiger partial charge in [0.25, 0.3) is 0 Å². The molecule has 0 amide bonds. The molecular formula is C9H19N3O3. The van der Waals surface area contributed by atoms with Crippen LogP contribution >= 0.6 is 0 Å². The molecule has 0 aliphatic heterocycles. The van der Waals surface area contributed by atoms with Gasteiger partial charge in [-0.15, -0.1) is 0 Å². The molecule has 0 saturated carbocycles. The number of hydrogen-bond acceptors (Lipinski definition) is 5. The average molecular weight is 217 g/mol. The summed E-state index contributed by atoms with van der Waals surface area (Å²) < 4.78 is 0. The summed E-state index contributed by atoms with van der Waals surface area (Å²) in [7, 11) is 4.85. The van der Waals surface area contributed by atoms with Crippen molar-refractivity contribution in [1.29, 1.82) is 0 Å². The molecular weight excluding hydrogens is 198 g/mol. The maximum Gasteiger partial charge on any atom is 0.305 e. The number of rotatable bonds is 7. The molecule has 4 N–H and O–H groups in total. The second-order valence-electron chi connectivity index (χ2n) is 3.43. The van der Waals surface area contributed by atoms with Crippen LogP contribution in [0.2, 0.25) is 0 Å². The zero-order valence-electron chi connectivity index (χ0n) is 9.55. The Labute approximate surface area is 89.4 Å². The fourth-order valence-corrected chi connectivity index (χ4v) is 1.22. The second kappa shape index (κ2) is 5.79. The van der Waals surface area contributed by atoms with Crippen LogP contribution in [-0.4, -0.2) is 49.7 Å². The third kappa shape index (κ3) is 3.58. The zero-order chi connectivity index (χ0) is 12.1. The Balaban J connectivity index is 4.70. The van der Waals surface area contributed by atoms with Crippen molar-refractivity contribution in [2.24, 2.45) is 0 Å². The molecule has 0 aliphatic rings. The van der Waals surface area contributed by atoms with Gasteiger partial charge in [0.2, 0.25) is 0 Å². The lowest BCUT2D eigenvalue weighted by Crippen LogP contribution is -2.62. The Morgan fingerprint density at radius 2 is 1.73 bits per heavy atom. The number of nitrogens with one attached hydrogen (secondary N) is 3. The normalized spacial score (nSPS) is 13.6. The van der Waals surface area contributed by atoms with Crippen molar-refractivity contribution in [2.75, 3.05) is 21.1 Å². The van der Waals surface area contributed by atoms with E-state index in [2.05, 4.69) is 16.0 Å². The van der Waals surface area contributed by atoms with Crippen LogP contribution in [0.4, 0.5) is 0 Å². The van der Waals surface area contributed by atoms with Crippen molar-refractivity contribution in [3.05, 3.63) is 0 Å². The monoisotopic (exact) mass is 217 g/mol. The molecule has 0 saturated heterocycles. The van der Waals surface area contributed by atoms with E-state index in [1.54, 1.807) is 28.1 Å². The Hall–Kier alpha value is -0.980. The lowest BCUT2D eigenvalue weighted by molar-refractivity contribution is -0.140. The van der Waals surface area contributed by atoms with E-state index in [1.165, 1.54) is 0 Å². The highest BCUT2D eigenvalue weighted by Gasteiger charge is 2.35. The molecule has 0 aromatic carbocycles. The van der Waals surface area contributed by atoms with E-state index in [4.69, 9.17) is 5.11 Å². The van der Waals surface area contributed by atoms with Gasteiger partial charge >= 0.3 is 5.97 Å². The number of carbonyl (C=O) groups excluding carboxylic acids is 1. The van der Waals surface area contributed by atoms with Crippen molar-refractivity contribution in [1.82, 2.24) is 16.0 Å². The van der Waals surface area contributed by atoms with Gasteiger partial charge in [0, 0.05) is 0 Å². The van der Waals surface area contributed by atoms with E-state index in [9.17, 15) is 9.59 Å². The lowest BCUT2D eigenvalue weighted by Gasteiger charge is -2.30. The standard InChI is InChI=1S/C9H19N3O3/c1-9(11-3,12-4)8(15)6(10-2)5-7(13)14/h6,10-12H,5H2,1-4H3,(H,13,14). The molecule has 0 radical (unpaired) electrons. The Kier molecular flexibility index (Phi) is 5.41. The topological polar surface area (TPSA) is 90.5 Å². The Morgan fingerprint density at radius 3 is 2.00 bits per heavy atom. The summed E-state index contributed by atoms with van der Waals surface area (Å²) in [6.45, 7) is 1.67. The fraction of sp³-hybridized carbons (Fsp3) is 0.778. The van der Waals surface area contributed by atoms with Gasteiger partial charge in [0.05, 0.1) is 12.5 Å². The lowest BCUT2D eigenvalue weighted by atomic mass is 9.98. The van der Waals surface area contributed by atoms with Crippen LogP contribution in [0.3, 0.4) is 0 Å². The maximum atomic E-state index is 11.9. The molecule has 0 aromatic rings. The van der Waals surface area contributed by atoms with E-state index in [0.29, 0.717) is 0 Å². The Morgan fingerprint density at radius 1 is 1.27 bits per heavy atom. The van der Waals surface area contributed by atoms with Crippen molar-refractivity contribution < 1.29 is 14.7 Å². The number of likely N-dealkylation sites (N-methyl/N-ethyl adjacent to an activating group) is 3. The van der Waals surface area contributed by atoms with Crippen LogP contribution in [-0.2, 0) is 9.59 Å². The predicted octanol–water partition coefficient (Wildman–Crippen LogP) is -1.23. The molecule has 6 heteroatoms. The number of hydrogen-bond donors (Lipinski definition) is 4. The molecule has 0 heterocycles. The summed E-state index contributed by atoms with van der Waals surface area (Å²) in [6.07, 6.45) is -0.228. The molecule has 6 nitrogen and oxygen atoms in total. The van der Waals surface area contributed by atoms with Gasteiger partial charge in [0.15, 0.2) is 5.78 Å². The van der Waals surface area contributed by atoms with E-state index < -0.39 is 17.7 Å². The van der Waals surface area contributed by atoms with Crippen LogP contribution in [0, 0.1) is 0 Å². The molecule has 0 aliphatic carbocycles. The summed E-state index contributed by atoms with van der Waals surface area (Å²) >= 11 is 0. The van der Waals surface area contributed by atoms with Gasteiger partial charge in [-0.25, -0.2) is 0 Å². The minimum atomic E-state index is -1.00. The van der Waals surface area contributed by atoms with Crippen molar-refractivity contribution in [2.45, 2.75) is 25.0 Å². The first-order valence-corrected chi connectivity index (χ1v) is 4.72. The summed E-state index contributed by atoms with van der Waals surface area (Å²) in [5, 5.41) is 17.0. The molecule has 0 bridgehead atoms. The smallest absolute Gasteiger partial charge is 0.305 e. The number of aliphatic carboxylic acids is 1. The first kappa shape index (κ1) is 14.0. The largest absolute Gasteiger partial charge is 0.481 e. The average Bonchev–Trinajstić information content (AvgIpc) is 2.23. The molecule has 88 valence electrons. The van der Waals surface area contributed by atoms with E-state index in [1.807, 2.05) is 0 Å². The van der Waals surface area contributed by atoms with Crippen LogP contribution in [0.25, 0.3) is 0 Å². The van der Waals surface area contributed by atoms with Crippen LogP contribution < -0.4 is 16.0 Å². The quantitative estimate of drug-likeness (QED) is 0.399. The number of carboxylic acids is 1. The van der Waals surface area contributed by atoms with Crippen molar-refractivity contribution >= 4 is 11.8 Å². The molecule has 1 atom stereocenters. The number of carbonyl (C=O) groups is 2. The maximum absolute atomic E-state index is 11.9.